The van der Waals surface area contributed by atoms with Crippen LogP contribution in [-0.2, 0) is 19.0 Å². The van der Waals surface area contributed by atoms with Crippen LogP contribution in [0.1, 0.15) is 27.2 Å². The summed E-state index contributed by atoms with van der Waals surface area (Å²) in [6, 6.07) is -0.979. The molecule has 0 bridgehead atoms. The number of carboxylic acid groups (broad SMARTS) is 1. The predicted octanol–water partition coefficient (Wildman–Crippen LogP) is 0.824. The molecule has 1 amide bonds. The van der Waals surface area contributed by atoms with Crippen molar-refractivity contribution in [1.29, 1.82) is 0 Å². The molecule has 2 fully saturated rings. The second kappa shape index (κ2) is 4.64. The largest absolute Gasteiger partial charge is 0.480 e. The number of carboxylic acids is 1. The van der Waals surface area contributed by atoms with Crippen molar-refractivity contribution in [3.8, 4) is 0 Å². The van der Waals surface area contributed by atoms with Gasteiger partial charge in [0.25, 0.3) is 0 Å². The molecule has 0 aliphatic carbocycles. The third-order valence-corrected chi connectivity index (χ3v) is 3.02. The Hall–Kier alpha value is -1.34. The van der Waals surface area contributed by atoms with E-state index >= 15 is 0 Å². The summed E-state index contributed by atoms with van der Waals surface area (Å²) in [5.74, 6) is -2.07. The van der Waals surface area contributed by atoms with Crippen LogP contribution in [0.15, 0.2) is 0 Å². The predicted molar refractivity (Wildman–Crippen MR) is 63.6 cm³/mol. The van der Waals surface area contributed by atoms with Crippen LogP contribution >= 0.6 is 0 Å². The lowest BCUT2D eigenvalue weighted by Gasteiger charge is -2.27. The summed E-state index contributed by atoms with van der Waals surface area (Å²) >= 11 is 0. The normalized spacial score (nSPS) is 25.8. The quantitative estimate of drug-likeness (QED) is 0.761. The highest BCUT2D eigenvalue weighted by Crippen LogP contribution is 2.35. The molecule has 2 heterocycles. The van der Waals surface area contributed by atoms with Crippen LogP contribution < -0.4 is 0 Å². The molecule has 2 saturated heterocycles. The van der Waals surface area contributed by atoms with Crippen molar-refractivity contribution < 1.29 is 28.9 Å². The number of nitrogens with zero attached hydrogens (tertiary/aromatic N) is 1. The molecule has 1 N–H and O–H groups in total. The van der Waals surface area contributed by atoms with Gasteiger partial charge in [0.05, 0.1) is 19.8 Å². The summed E-state index contributed by atoms with van der Waals surface area (Å²) < 4.78 is 16.1. The van der Waals surface area contributed by atoms with Crippen LogP contribution in [0.25, 0.3) is 0 Å². The van der Waals surface area contributed by atoms with Gasteiger partial charge < -0.3 is 19.3 Å². The van der Waals surface area contributed by atoms with Gasteiger partial charge in [0.2, 0.25) is 0 Å². The van der Waals surface area contributed by atoms with Gasteiger partial charge in [0, 0.05) is 6.42 Å². The van der Waals surface area contributed by atoms with E-state index in [4.69, 9.17) is 14.2 Å². The van der Waals surface area contributed by atoms with E-state index in [0.717, 1.165) is 0 Å². The molecule has 19 heavy (non-hydrogen) atoms. The second-order valence-electron chi connectivity index (χ2n) is 5.77. The lowest BCUT2D eigenvalue weighted by Crippen LogP contribution is -2.44. The van der Waals surface area contributed by atoms with Crippen LogP contribution in [0, 0.1) is 0 Å². The Morgan fingerprint density at radius 1 is 1.32 bits per heavy atom. The molecule has 108 valence electrons. The zero-order valence-electron chi connectivity index (χ0n) is 11.3. The van der Waals surface area contributed by atoms with E-state index in [9.17, 15) is 14.7 Å². The lowest BCUT2D eigenvalue weighted by atomic mass is 10.1. The van der Waals surface area contributed by atoms with E-state index in [1.807, 2.05) is 0 Å². The first kappa shape index (κ1) is 14.1. The summed E-state index contributed by atoms with van der Waals surface area (Å²) in [4.78, 5) is 24.5. The minimum Gasteiger partial charge on any atom is -0.480 e. The Morgan fingerprint density at radius 3 is 2.37 bits per heavy atom. The molecule has 7 nitrogen and oxygen atoms in total. The Bertz CT molecular complexity index is 382. The zero-order valence-corrected chi connectivity index (χ0v) is 11.3. The van der Waals surface area contributed by atoms with Crippen molar-refractivity contribution in [2.75, 3.05) is 19.8 Å². The fourth-order valence-electron chi connectivity index (χ4n) is 2.28. The van der Waals surface area contributed by atoms with Gasteiger partial charge in [-0.25, -0.2) is 9.59 Å². The van der Waals surface area contributed by atoms with Crippen molar-refractivity contribution in [2.45, 2.75) is 44.6 Å². The molecule has 2 rings (SSSR count). The van der Waals surface area contributed by atoms with Crippen LogP contribution in [0.4, 0.5) is 4.79 Å². The molecule has 0 aromatic carbocycles. The summed E-state index contributed by atoms with van der Waals surface area (Å²) in [5, 5.41) is 9.21. The second-order valence-corrected chi connectivity index (χ2v) is 5.77. The molecule has 0 aromatic rings. The lowest BCUT2D eigenvalue weighted by molar-refractivity contribution is -0.150. The number of rotatable bonds is 1. The van der Waals surface area contributed by atoms with Gasteiger partial charge >= 0.3 is 12.1 Å². The van der Waals surface area contributed by atoms with E-state index in [0.29, 0.717) is 13.2 Å². The van der Waals surface area contributed by atoms with Crippen LogP contribution in [0.3, 0.4) is 0 Å². The minimum atomic E-state index is -1.08. The van der Waals surface area contributed by atoms with Crippen LogP contribution in [0.5, 0.6) is 0 Å². The van der Waals surface area contributed by atoms with Crippen molar-refractivity contribution in [1.82, 2.24) is 4.90 Å². The zero-order chi connectivity index (χ0) is 14.3. The van der Waals surface area contributed by atoms with Crippen molar-refractivity contribution in [3.63, 3.8) is 0 Å². The molecule has 2 aliphatic heterocycles. The maximum atomic E-state index is 12.0. The maximum Gasteiger partial charge on any atom is 0.411 e. The standard InChI is InChI=1S/C12H19NO6/c1-11(2,3)19-10(16)13-7-12(17-4-5-18-12)6-8(13)9(14)15/h8H,4-7H2,1-3H3,(H,14,15)/t8-/m1/s1. The van der Waals surface area contributed by atoms with Crippen LogP contribution in [0.2, 0.25) is 0 Å². The average molecular weight is 273 g/mol. The van der Waals surface area contributed by atoms with Gasteiger partial charge in [-0.15, -0.1) is 0 Å². The third kappa shape index (κ3) is 2.98. The van der Waals surface area contributed by atoms with Gasteiger partial charge in [-0.3, -0.25) is 4.90 Å². The molecule has 0 radical (unpaired) electrons. The number of aliphatic carboxylic acids is 1. The minimum absolute atomic E-state index is 0.0822. The van der Waals surface area contributed by atoms with Gasteiger partial charge in [0.15, 0.2) is 5.79 Å². The molecule has 1 spiro atoms. The Labute approximate surface area is 111 Å². The number of carbonyl (C=O) groups excluding carboxylic acids is 1. The van der Waals surface area contributed by atoms with Crippen LogP contribution in [-0.4, -0.2) is 59.3 Å². The summed E-state index contributed by atoms with van der Waals surface area (Å²) in [7, 11) is 0. The van der Waals surface area contributed by atoms with Crippen molar-refractivity contribution in [3.05, 3.63) is 0 Å². The average Bonchev–Trinajstić information content (AvgIpc) is 2.84. The molecule has 1 atom stereocenters. The van der Waals surface area contributed by atoms with Gasteiger partial charge in [-0.05, 0) is 20.8 Å². The molecule has 0 aromatic heterocycles. The SMILES string of the molecule is CC(C)(C)OC(=O)N1CC2(C[C@@H]1C(=O)O)OCCO2. The van der Waals surface area contributed by atoms with Gasteiger partial charge in [-0.2, -0.15) is 0 Å². The summed E-state index contributed by atoms with van der Waals surface area (Å²) in [5.41, 5.74) is -0.673. The first-order valence-electron chi connectivity index (χ1n) is 6.23. The number of hydrogen-bond donors (Lipinski definition) is 1. The first-order chi connectivity index (χ1) is 8.72. The fourth-order valence-corrected chi connectivity index (χ4v) is 2.28. The van der Waals surface area contributed by atoms with Crippen molar-refractivity contribution >= 4 is 12.1 Å². The van der Waals surface area contributed by atoms with E-state index < -0.39 is 29.5 Å². The van der Waals surface area contributed by atoms with E-state index in [-0.39, 0.29) is 13.0 Å². The highest BCUT2D eigenvalue weighted by Gasteiger charge is 2.53. The number of hydrogen-bond acceptors (Lipinski definition) is 5. The van der Waals surface area contributed by atoms with Gasteiger partial charge in [0.1, 0.15) is 11.6 Å². The monoisotopic (exact) mass is 273 g/mol. The Morgan fingerprint density at radius 2 is 1.89 bits per heavy atom. The number of likely N-dealkylation sites (tertiary alicyclic amines) is 1. The van der Waals surface area contributed by atoms with Gasteiger partial charge in [-0.1, -0.05) is 0 Å². The smallest absolute Gasteiger partial charge is 0.411 e. The molecule has 2 aliphatic rings. The third-order valence-electron chi connectivity index (χ3n) is 3.02. The molecular weight excluding hydrogens is 254 g/mol. The van der Waals surface area contributed by atoms with E-state index in [2.05, 4.69) is 0 Å². The number of carbonyl (C=O) groups is 2. The van der Waals surface area contributed by atoms with Crippen molar-refractivity contribution in [2.24, 2.45) is 0 Å². The topological polar surface area (TPSA) is 85.3 Å². The summed E-state index contributed by atoms with van der Waals surface area (Å²) in [6.07, 6.45) is -0.530. The number of amides is 1. The van der Waals surface area contributed by atoms with E-state index in [1.54, 1.807) is 20.8 Å². The molecule has 0 unspecified atom stereocenters. The molecule has 7 heteroatoms. The fraction of sp³-hybridized carbons (Fsp3) is 0.833. The number of ether oxygens (including phenoxy) is 3. The Balaban J connectivity index is 2.13. The highest BCUT2D eigenvalue weighted by molar-refractivity contribution is 5.81. The Kier molecular flexibility index (Phi) is 3.44. The first-order valence-corrected chi connectivity index (χ1v) is 6.23. The highest BCUT2D eigenvalue weighted by atomic mass is 16.7. The maximum absolute atomic E-state index is 12.0. The molecular formula is C12H19NO6. The summed E-state index contributed by atoms with van der Waals surface area (Å²) in [6.45, 7) is 6.10. The van der Waals surface area contributed by atoms with E-state index in [1.165, 1.54) is 4.90 Å². The molecule has 0 saturated carbocycles.